The lowest BCUT2D eigenvalue weighted by atomic mass is 10.4. The van der Waals surface area contributed by atoms with Crippen molar-refractivity contribution in [1.29, 1.82) is 0 Å². The van der Waals surface area contributed by atoms with Crippen LogP contribution in [0.4, 0.5) is 0 Å². The van der Waals surface area contributed by atoms with Crippen LogP contribution < -0.4 is 0 Å². The van der Waals surface area contributed by atoms with Gasteiger partial charge in [0.15, 0.2) is 0 Å². The maximum absolute atomic E-state index is 11.1. The number of alkyl halides is 1. The Morgan fingerprint density at radius 2 is 1.50 bits per heavy atom. The Labute approximate surface area is 90.7 Å². The van der Waals surface area contributed by atoms with Crippen LogP contribution in [-0.2, 0) is 19.1 Å². The molecule has 0 N–H and O–H groups in total. The predicted molar refractivity (Wildman–Crippen MR) is 55.0 cm³/mol. The Kier molecular flexibility index (Phi) is 6.74. The van der Waals surface area contributed by atoms with Gasteiger partial charge in [0.2, 0.25) is 4.83 Å². The molecule has 0 aliphatic heterocycles. The van der Waals surface area contributed by atoms with Gasteiger partial charge in [-0.2, -0.15) is 0 Å². The molecule has 0 fully saturated rings. The summed E-state index contributed by atoms with van der Waals surface area (Å²) >= 11 is 2.85. The lowest BCUT2D eigenvalue weighted by Gasteiger charge is -2.07. The Balaban J connectivity index is 3.96. The smallest absolute Gasteiger partial charge is 0.331 e. The van der Waals surface area contributed by atoms with Gasteiger partial charge in [0.25, 0.3) is 0 Å². The molecule has 0 radical (unpaired) electrons. The van der Waals surface area contributed by atoms with Crippen LogP contribution in [0, 0.1) is 0 Å². The lowest BCUT2D eigenvalue weighted by molar-refractivity contribution is -0.151. The minimum absolute atomic E-state index is 0.0652. The van der Waals surface area contributed by atoms with Gasteiger partial charge in [0.1, 0.15) is 13.2 Å². The fourth-order valence-electron chi connectivity index (χ4n) is 0.525. The molecule has 0 saturated carbocycles. The molecule has 78 valence electrons. The Hall–Kier alpha value is -1.10. The van der Waals surface area contributed by atoms with Crippen LogP contribution in [0.15, 0.2) is 25.3 Å². The largest absolute Gasteiger partial charge is 0.460 e. The number of carbonyl (C=O) groups is 2. The number of hydrogen-bond acceptors (Lipinski definition) is 4. The second-order valence-corrected chi connectivity index (χ2v) is 3.12. The number of esters is 2. The van der Waals surface area contributed by atoms with Gasteiger partial charge in [-0.15, -0.1) is 0 Å². The van der Waals surface area contributed by atoms with E-state index in [1.165, 1.54) is 12.2 Å². The zero-order valence-corrected chi connectivity index (χ0v) is 9.16. The third kappa shape index (κ3) is 4.81. The summed E-state index contributed by atoms with van der Waals surface area (Å²) in [5, 5.41) is 0. The fraction of sp³-hybridized carbons (Fsp3) is 0.333. The highest BCUT2D eigenvalue weighted by atomic mass is 79.9. The molecule has 0 amide bonds. The van der Waals surface area contributed by atoms with Crippen molar-refractivity contribution in [1.82, 2.24) is 0 Å². The molecule has 0 aromatic heterocycles. The molecule has 0 aliphatic carbocycles. The van der Waals surface area contributed by atoms with Gasteiger partial charge in [-0.25, -0.2) is 0 Å². The van der Waals surface area contributed by atoms with Crippen molar-refractivity contribution in [2.24, 2.45) is 0 Å². The normalized spacial score (nSPS) is 9.29. The highest BCUT2D eigenvalue weighted by Gasteiger charge is 2.25. The van der Waals surface area contributed by atoms with E-state index in [1.807, 2.05) is 0 Å². The molecule has 14 heavy (non-hydrogen) atoms. The Morgan fingerprint density at radius 1 is 1.14 bits per heavy atom. The second kappa shape index (κ2) is 7.32. The summed E-state index contributed by atoms with van der Waals surface area (Å²) in [6.45, 7) is 6.86. The van der Waals surface area contributed by atoms with E-state index in [0.717, 1.165) is 0 Å². The van der Waals surface area contributed by atoms with E-state index in [4.69, 9.17) is 0 Å². The van der Waals surface area contributed by atoms with Crippen molar-refractivity contribution in [3.8, 4) is 0 Å². The summed E-state index contributed by atoms with van der Waals surface area (Å²) in [5.74, 6) is -1.39. The van der Waals surface area contributed by atoms with Crippen molar-refractivity contribution in [3.63, 3.8) is 0 Å². The highest BCUT2D eigenvalue weighted by molar-refractivity contribution is 9.10. The van der Waals surface area contributed by atoms with E-state index in [-0.39, 0.29) is 13.2 Å². The average molecular weight is 263 g/mol. The SMILES string of the molecule is C=CCOC(=O)C(Br)C(=O)OCC=C. The van der Waals surface area contributed by atoms with Crippen LogP contribution in [0.5, 0.6) is 0 Å². The van der Waals surface area contributed by atoms with Crippen LogP contribution in [0.2, 0.25) is 0 Å². The van der Waals surface area contributed by atoms with Crippen molar-refractivity contribution < 1.29 is 19.1 Å². The molecular formula is C9H11BrO4. The monoisotopic (exact) mass is 262 g/mol. The summed E-state index contributed by atoms with van der Waals surface area (Å²) in [6.07, 6.45) is 2.82. The molecule has 0 heterocycles. The zero-order chi connectivity index (χ0) is 11.0. The van der Waals surface area contributed by atoms with Gasteiger partial charge in [-0.3, -0.25) is 9.59 Å². The fourth-order valence-corrected chi connectivity index (χ4v) is 0.789. The summed E-state index contributed by atoms with van der Waals surface area (Å²) in [6, 6.07) is 0. The third-order valence-electron chi connectivity index (χ3n) is 1.10. The standard InChI is InChI=1S/C9H11BrO4/c1-3-5-13-8(11)7(10)9(12)14-6-4-2/h3-4,7H,1-2,5-6H2. The van der Waals surface area contributed by atoms with E-state index in [0.29, 0.717) is 0 Å². The van der Waals surface area contributed by atoms with E-state index in [1.54, 1.807) is 0 Å². The van der Waals surface area contributed by atoms with Crippen LogP contribution in [-0.4, -0.2) is 30.0 Å². The zero-order valence-electron chi connectivity index (χ0n) is 7.57. The first kappa shape index (κ1) is 12.9. The lowest BCUT2D eigenvalue weighted by Crippen LogP contribution is -2.28. The number of halogens is 1. The van der Waals surface area contributed by atoms with Crippen LogP contribution in [0.25, 0.3) is 0 Å². The first-order valence-electron chi connectivity index (χ1n) is 3.82. The number of rotatable bonds is 6. The van der Waals surface area contributed by atoms with Crippen LogP contribution in [0.1, 0.15) is 0 Å². The molecule has 4 nitrogen and oxygen atoms in total. The predicted octanol–water partition coefficient (Wildman–Crippen LogP) is 1.21. The summed E-state index contributed by atoms with van der Waals surface area (Å²) in [7, 11) is 0. The average Bonchev–Trinajstić information content (AvgIpc) is 2.21. The molecule has 5 heteroatoms. The van der Waals surface area contributed by atoms with Gasteiger partial charge in [-0.1, -0.05) is 41.2 Å². The van der Waals surface area contributed by atoms with Crippen molar-refractivity contribution in [2.45, 2.75) is 4.83 Å². The second-order valence-electron chi connectivity index (χ2n) is 2.20. The minimum Gasteiger partial charge on any atom is -0.460 e. The van der Waals surface area contributed by atoms with Crippen molar-refractivity contribution >= 4 is 27.9 Å². The summed E-state index contributed by atoms with van der Waals surface area (Å²) in [4.78, 5) is 21.0. The first-order chi connectivity index (χ1) is 6.63. The van der Waals surface area contributed by atoms with E-state index in [9.17, 15) is 9.59 Å². The molecule has 0 spiro atoms. The van der Waals surface area contributed by atoms with E-state index >= 15 is 0 Å². The molecule has 0 rings (SSSR count). The first-order valence-corrected chi connectivity index (χ1v) is 4.74. The number of carbonyl (C=O) groups excluding carboxylic acids is 2. The molecule has 0 saturated heterocycles. The number of ether oxygens (including phenoxy) is 2. The Morgan fingerprint density at radius 3 is 1.79 bits per heavy atom. The molecule has 0 aromatic carbocycles. The topological polar surface area (TPSA) is 52.6 Å². The van der Waals surface area contributed by atoms with E-state index in [2.05, 4.69) is 38.6 Å². The van der Waals surface area contributed by atoms with Gasteiger partial charge < -0.3 is 9.47 Å². The highest BCUT2D eigenvalue weighted by Crippen LogP contribution is 2.05. The van der Waals surface area contributed by atoms with Gasteiger partial charge in [0, 0.05) is 0 Å². The molecule has 0 aromatic rings. The number of hydrogen-bond donors (Lipinski definition) is 0. The van der Waals surface area contributed by atoms with Gasteiger partial charge in [0.05, 0.1) is 0 Å². The maximum atomic E-state index is 11.1. The maximum Gasteiger partial charge on any atom is 0.331 e. The third-order valence-corrected chi connectivity index (χ3v) is 1.85. The quantitative estimate of drug-likeness (QED) is 0.313. The van der Waals surface area contributed by atoms with Crippen LogP contribution >= 0.6 is 15.9 Å². The van der Waals surface area contributed by atoms with Crippen molar-refractivity contribution in [2.75, 3.05) is 13.2 Å². The Bertz CT molecular complexity index is 213. The minimum atomic E-state index is -1.10. The van der Waals surface area contributed by atoms with E-state index < -0.39 is 16.8 Å². The summed E-state index contributed by atoms with van der Waals surface area (Å²) in [5.41, 5.74) is 0. The molecule has 0 aliphatic rings. The van der Waals surface area contributed by atoms with Crippen molar-refractivity contribution in [3.05, 3.63) is 25.3 Å². The molecule has 0 atom stereocenters. The summed E-state index contributed by atoms with van der Waals surface area (Å²) < 4.78 is 9.25. The molecule has 0 unspecified atom stereocenters. The van der Waals surface area contributed by atoms with Gasteiger partial charge >= 0.3 is 11.9 Å². The molecular weight excluding hydrogens is 252 g/mol. The van der Waals surface area contributed by atoms with Crippen LogP contribution in [0.3, 0.4) is 0 Å². The van der Waals surface area contributed by atoms with Gasteiger partial charge in [-0.05, 0) is 0 Å². The molecule has 0 bridgehead atoms.